The molecule has 0 unspecified atom stereocenters. The molecule has 0 aliphatic rings. The number of nitrogens with one attached hydrogen (secondary N) is 2. The lowest BCUT2D eigenvalue weighted by Gasteiger charge is -2.20. The Bertz CT molecular complexity index is 764. The lowest BCUT2D eigenvalue weighted by molar-refractivity contribution is 0.106. The Morgan fingerprint density at radius 2 is 0.971 bits per heavy atom. The first-order chi connectivity index (χ1) is 15.8. The van der Waals surface area contributed by atoms with Crippen molar-refractivity contribution in [3.63, 3.8) is 0 Å². The molecule has 0 aromatic heterocycles. The number of oxime groups is 2. The van der Waals surface area contributed by atoms with Crippen LogP contribution in [0.15, 0.2) is 10.3 Å². The Hall–Kier alpha value is -3.10. The van der Waals surface area contributed by atoms with E-state index in [9.17, 15) is 19.2 Å². The first-order valence-electron chi connectivity index (χ1n) is 8.58. The van der Waals surface area contributed by atoms with Crippen LogP contribution >= 0.6 is 48.7 Å². The Morgan fingerprint density at radius 1 is 0.676 bits per heavy atom. The summed E-state index contributed by atoms with van der Waals surface area (Å²) in [6.07, 6.45) is -1.67. The normalized spacial score (nSPS) is 10.2. The van der Waals surface area contributed by atoms with Crippen LogP contribution in [0.2, 0.25) is 0 Å². The van der Waals surface area contributed by atoms with Gasteiger partial charge in [0.25, 0.3) is 0 Å². The van der Waals surface area contributed by atoms with E-state index in [2.05, 4.69) is 40.6 Å². The van der Waals surface area contributed by atoms with Gasteiger partial charge in [0.1, 0.15) is 9.98 Å². The Morgan fingerprint density at radius 3 is 1.26 bits per heavy atom. The molecule has 0 radical (unpaired) electrons. The summed E-state index contributed by atoms with van der Waals surface area (Å²) in [5.74, 6) is 0. The zero-order valence-corrected chi connectivity index (χ0v) is 22.0. The Labute approximate surface area is 214 Å². The van der Waals surface area contributed by atoms with Crippen LogP contribution < -0.4 is 11.0 Å². The Balaban J connectivity index is 4.33. The van der Waals surface area contributed by atoms with Crippen LogP contribution in [0.4, 0.5) is 19.2 Å². The van der Waals surface area contributed by atoms with Gasteiger partial charge >= 0.3 is 24.4 Å². The lowest BCUT2D eigenvalue weighted by atomic mass is 10.8. The fourth-order valence-electron chi connectivity index (χ4n) is 1.18. The fraction of sp³-hybridized carbons (Fsp3) is 0.429. The van der Waals surface area contributed by atoms with Gasteiger partial charge in [-0.2, -0.15) is 0 Å². The highest BCUT2D eigenvalue weighted by molar-refractivity contribution is 7.95. The van der Waals surface area contributed by atoms with Gasteiger partial charge in [-0.05, 0) is 13.8 Å². The molecular weight excluding hydrogens is 536 g/mol. The minimum atomic E-state index is -0.936. The molecule has 0 aromatic carbocycles. The third kappa shape index (κ3) is 14.1. The number of nitrogens with zero attached hydrogens (tertiary/aromatic N) is 6. The van der Waals surface area contributed by atoms with Gasteiger partial charge in [-0.1, -0.05) is 34.7 Å². The zero-order chi connectivity index (χ0) is 26.3. The van der Waals surface area contributed by atoms with Crippen LogP contribution in [0.5, 0.6) is 0 Å². The van der Waals surface area contributed by atoms with Crippen molar-refractivity contribution >= 4 is 95.5 Å². The molecule has 0 spiro atoms. The van der Waals surface area contributed by atoms with Crippen molar-refractivity contribution in [2.45, 2.75) is 13.8 Å². The van der Waals surface area contributed by atoms with E-state index in [1.807, 2.05) is 0 Å². The van der Waals surface area contributed by atoms with Crippen LogP contribution in [-0.2, 0) is 19.4 Å². The van der Waals surface area contributed by atoms with Gasteiger partial charge in [0.05, 0.1) is 36.7 Å². The molecule has 16 nitrogen and oxygen atoms in total. The molecule has 0 saturated carbocycles. The van der Waals surface area contributed by atoms with E-state index in [1.54, 1.807) is 0 Å². The fourth-order valence-corrected chi connectivity index (χ4v) is 2.41. The molecule has 0 saturated heterocycles. The Kier molecular flexibility index (Phi) is 15.0. The second-order valence-corrected chi connectivity index (χ2v) is 9.17. The molecule has 0 aliphatic heterocycles. The highest BCUT2D eigenvalue weighted by Gasteiger charge is 2.20. The molecule has 2 N–H and O–H groups in total. The van der Waals surface area contributed by atoms with E-state index in [-0.39, 0.29) is 9.98 Å². The van der Waals surface area contributed by atoms with E-state index in [0.29, 0.717) is 24.3 Å². The molecule has 0 aromatic rings. The highest BCUT2D eigenvalue weighted by Crippen LogP contribution is 2.15. The van der Waals surface area contributed by atoms with Crippen molar-refractivity contribution in [2.75, 3.05) is 28.2 Å². The summed E-state index contributed by atoms with van der Waals surface area (Å²) in [5, 5.41) is 6.62. The number of rotatable bonds is 7. The standard InChI is InChI=1S/C14H22N8O8S4/c1-9(31)17-29-13(25)21(5)33-19(3)11(23)27-15-7-8-16-28-12(24)20(4)34-22(6)14(26)30-18-10(2)32/h7-8H,1-6H3,(H,17,31)(H,18,32)/b15-7-,16-8-. The van der Waals surface area contributed by atoms with Gasteiger partial charge in [0.2, 0.25) is 0 Å². The van der Waals surface area contributed by atoms with Crippen LogP contribution in [0, 0.1) is 0 Å². The molecule has 0 fully saturated rings. The maximum atomic E-state index is 11.8. The second-order valence-electron chi connectivity index (χ2n) is 5.43. The van der Waals surface area contributed by atoms with Crippen LogP contribution in [0.1, 0.15) is 13.8 Å². The van der Waals surface area contributed by atoms with Gasteiger partial charge < -0.3 is 9.68 Å². The minimum Gasteiger partial charge on any atom is -0.323 e. The van der Waals surface area contributed by atoms with E-state index in [0.717, 1.165) is 29.7 Å². The smallest absolute Gasteiger partial charge is 0.323 e. The maximum absolute atomic E-state index is 11.8. The molecule has 34 heavy (non-hydrogen) atoms. The van der Waals surface area contributed by atoms with E-state index < -0.39 is 24.4 Å². The molecule has 0 bridgehead atoms. The number of carbonyl (C=O) groups is 4. The molecular formula is C14H22N8O8S4. The van der Waals surface area contributed by atoms with Gasteiger partial charge in [0.15, 0.2) is 0 Å². The predicted molar refractivity (Wildman–Crippen MR) is 132 cm³/mol. The molecule has 4 amide bonds. The predicted octanol–water partition coefficient (Wildman–Crippen LogP) is 2.06. The van der Waals surface area contributed by atoms with Crippen LogP contribution in [0.3, 0.4) is 0 Å². The van der Waals surface area contributed by atoms with E-state index in [1.165, 1.54) is 42.0 Å². The number of carbonyl (C=O) groups excluding carboxylic acids is 4. The van der Waals surface area contributed by atoms with Crippen molar-refractivity contribution in [3.8, 4) is 0 Å². The van der Waals surface area contributed by atoms with Gasteiger partial charge in [-0.25, -0.2) is 47.4 Å². The summed E-state index contributed by atoms with van der Waals surface area (Å²) in [6.45, 7) is 3.03. The van der Waals surface area contributed by atoms with Crippen molar-refractivity contribution in [3.05, 3.63) is 0 Å². The molecule has 20 heteroatoms. The first kappa shape index (κ1) is 30.9. The number of amides is 4. The average molecular weight is 559 g/mol. The summed E-state index contributed by atoms with van der Waals surface area (Å²) >= 11 is 10.7. The van der Waals surface area contributed by atoms with Gasteiger partial charge in [-0.3, -0.25) is 9.68 Å². The van der Waals surface area contributed by atoms with Crippen molar-refractivity contribution in [2.24, 2.45) is 10.3 Å². The monoisotopic (exact) mass is 558 g/mol. The maximum Gasteiger partial charge on any atom is 0.447 e. The summed E-state index contributed by atoms with van der Waals surface area (Å²) in [6, 6.07) is 0. The highest BCUT2D eigenvalue weighted by atomic mass is 32.2. The van der Waals surface area contributed by atoms with Crippen LogP contribution in [-0.4, -0.2) is 92.2 Å². The van der Waals surface area contributed by atoms with Crippen molar-refractivity contribution in [1.29, 1.82) is 0 Å². The SMILES string of the molecule is CC(=S)NOC(=O)N(C)SN(C)C(=O)O/N=C\C=N/OC(=O)N(C)SN(C)C(=O)ONC(C)=S. The first-order valence-corrected chi connectivity index (χ1v) is 10.9. The quantitative estimate of drug-likeness (QED) is 0.153. The van der Waals surface area contributed by atoms with E-state index >= 15 is 0 Å². The minimum absolute atomic E-state index is 0.245. The summed E-state index contributed by atoms with van der Waals surface area (Å²) < 4.78 is 3.85. The van der Waals surface area contributed by atoms with Gasteiger partial charge in [0, 0.05) is 28.2 Å². The molecule has 0 heterocycles. The number of hydrogen-bond donors (Lipinski definition) is 2. The second kappa shape index (κ2) is 16.5. The third-order valence-corrected chi connectivity index (χ3v) is 4.28. The average Bonchev–Trinajstić information content (AvgIpc) is 2.77. The summed E-state index contributed by atoms with van der Waals surface area (Å²) in [4.78, 5) is 65.7. The van der Waals surface area contributed by atoms with Crippen molar-refractivity contribution in [1.82, 2.24) is 28.2 Å². The molecule has 0 aliphatic carbocycles. The zero-order valence-electron chi connectivity index (χ0n) is 18.7. The van der Waals surface area contributed by atoms with Crippen LogP contribution in [0.25, 0.3) is 0 Å². The summed E-state index contributed by atoms with van der Waals surface area (Å²) in [5.41, 5.74) is 4.41. The largest absolute Gasteiger partial charge is 0.447 e. The lowest BCUT2D eigenvalue weighted by Crippen LogP contribution is -2.33. The van der Waals surface area contributed by atoms with E-state index in [4.69, 9.17) is 24.4 Å². The number of thiocarbonyl (C=S) groups is 2. The number of hydrogen-bond acceptors (Lipinski definition) is 14. The third-order valence-electron chi connectivity index (χ3n) is 2.53. The molecule has 0 rings (SSSR count). The summed E-state index contributed by atoms with van der Waals surface area (Å²) in [7, 11) is 5.31. The molecule has 0 atom stereocenters. The molecule has 190 valence electrons. The van der Waals surface area contributed by atoms with Gasteiger partial charge in [-0.15, -0.1) is 0 Å². The van der Waals surface area contributed by atoms with Crippen molar-refractivity contribution < 1.29 is 38.5 Å². The topological polar surface area (TPSA) is 167 Å². The number of hydroxylamine groups is 2.